The molecule has 2 aromatic carbocycles. The van der Waals surface area contributed by atoms with Gasteiger partial charge in [-0.05, 0) is 42.3 Å². The molecule has 0 amide bonds. The fourth-order valence-corrected chi connectivity index (χ4v) is 3.23. The van der Waals surface area contributed by atoms with Gasteiger partial charge in [0, 0.05) is 11.0 Å². The smallest absolute Gasteiger partial charge is 0.261 e. The van der Waals surface area contributed by atoms with Crippen molar-refractivity contribution in [3.63, 3.8) is 0 Å². The lowest BCUT2D eigenvalue weighted by Crippen LogP contribution is -2.13. The number of aryl methyl sites for hydroxylation is 1. The molecule has 2 rings (SSSR count). The second kappa shape index (κ2) is 6.53. The van der Waals surface area contributed by atoms with Crippen LogP contribution in [0.15, 0.2) is 47.4 Å². The first-order chi connectivity index (χ1) is 9.92. The Labute approximate surface area is 130 Å². The molecule has 7 heteroatoms. The Bertz CT molecular complexity index is 733. The van der Waals surface area contributed by atoms with Crippen molar-refractivity contribution in [1.29, 1.82) is 0 Å². The predicted octanol–water partition coefficient (Wildman–Crippen LogP) is 3.70. The van der Waals surface area contributed by atoms with Crippen LogP contribution in [-0.4, -0.2) is 13.7 Å². The van der Waals surface area contributed by atoms with E-state index in [-0.39, 0.29) is 4.90 Å². The van der Waals surface area contributed by atoms with E-state index in [1.54, 1.807) is 24.3 Å². The van der Waals surface area contributed by atoms with Gasteiger partial charge >= 0.3 is 0 Å². The number of hydrogen-bond donors (Lipinski definition) is 1. The summed E-state index contributed by atoms with van der Waals surface area (Å²) in [7, 11) is -3.94. The monoisotopic (exact) mass is 375 g/mol. The highest BCUT2D eigenvalue weighted by molar-refractivity contribution is 9.09. The van der Waals surface area contributed by atoms with E-state index in [1.165, 1.54) is 0 Å². The molecule has 0 saturated carbocycles. The fraction of sp³-hybridized carbons (Fsp3) is 0.143. The second-order valence-electron chi connectivity index (χ2n) is 4.32. The molecule has 0 atom stereocenters. The Kier molecular flexibility index (Phi) is 4.95. The van der Waals surface area contributed by atoms with E-state index >= 15 is 0 Å². The van der Waals surface area contributed by atoms with Crippen molar-refractivity contribution >= 4 is 31.6 Å². The number of halogens is 3. The van der Waals surface area contributed by atoms with E-state index in [0.29, 0.717) is 11.8 Å². The number of rotatable bonds is 5. The molecular weight excluding hydrogens is 364 g/mol. The first kappa shape index (κ1) is 15.9. The summed E-state index contributed by atoms with van der Waals surface area (Å²) in [6.45, 7) is 0. The van der Waals surface area contributed by atoms with Crippen LogP contribution in [0.2, 0.25) is 0 Å². The molecule has 0 aliphatic heterocycles. The average Bonchev–Trinajstić information content (AvgIpc) is 2.44. The first-order valence-electron chi connectivity index (χ1n) is 6.05. The van der Waals surface area contributed by atoms with Crippen molar-refractivity contribution in [2.24, 2.45) is 0 Å². The van der Waals surface area contributed by atoms with Gasteiger partial charge < -0.3 is 0 Å². The minimum Gasteiger partial charge on any atom is -0.280 e. The highest BCUT2D eigenvalue weighted by Crippen LogP contribution is 2.19. The quantitative estimate of drug-likeness (QED) is 0.809. The topological polar surface area (TPSA) is 46.2 Å². The number of anilines is 1. The van der Waals surface area contributed by atoms with Crippen molar-refractivity contribution in [2.75, 3.05) is 10.1 Å². The summed E-state index contributed by atoms with van der Waals surface area (Å²) >= 11 is 3.32. The maximum Gasteiger partial charge on any atom is 0.261 e. The van der Waals surface area contributed by atoms with Crippen LogP contribution in [0.25, 0.3) is 0 Å². The standard InChI is InChI=1S/C14H12BrF2NO2S/c15-8-7-10-1-3-11(4-2-10)18-21(19,20)12-5-6-13(16)14(17)9-12/h1-6,9,18H,7-8H2. The van der Waals surface area contributed by atoms with Gasteiger partial charge in [0.1, 0.15) is 0 Å². The van der Waals surface area contributed by atoms with E-state index in [9.17, 15) is 17.2 Å². The molecule has 3 nitrogen and oxygen atoms in total. The lowest BCUT2D eigenvalue weighted by molar-refractivity contribution is 0.504. The van der Waals surface area contributed by atoms with Gasteiger partial charge in [-0.3, -0.25) is 4.72 Å². The van der Waals surface area contributed by atoms with Crippen LogP contribution >= 0.6 is 15.9 Å². The Morgan fingerprint density at radius 3 is 2.24 bits per heavy atom. The fourth-order valence-electron chi connectivity index (χ4n) is 1.71. The van der Waals surface area contributed by atoms with Crippen molar-refractivity contribution in [1.82, 2.24) is 0 Å². The van der Waals surface area contributed by atoms with Crippen molar-refractivity contribution < 1.29 is 17.2 Å². The molecule has 21 heavy (non-hydrogen) atoms. The molecular formula is C14H12BrF2NO2S. The zero-order valence-corrected chi connectivity index (χ0v) is 13.2. The second-order valence-corrected chi connectivity index (χ2v) is 6.79. The predicted molar refractivity (Wildman–Crippen MR) is 81.1 cm³/mol. The molecule has 0 saturated heterocycles. The third kappa shape index (κ3) is 4.01. The summed E-state index contributed by atoms with van der Waals surface area (Å²) in [5, 5.41) is 0.812. The lowest BCUT2D eigenvalue weighted by Gasteiger charge is -2.09. The van der Waals surface area contributed by atoms with Gasteiger partial charge in [0.2, 0.25) is 0 Å². The molecule has 0 fully saturated rings. The Morgan fingerprint density at radius 2 is 1.67 bits per heavy atom. The minimum atomic E-state index is -3.94. The van der Waals surface area contributed by atoms with Gasteiger partial charge in [-0.25, -0.2) is 17.2 Å². The molecule has 2 aromatic rings. The molecule has 0 bridgehead atoms. The summed E-state index contributed by atoms with van der Waals surface area (Å²) in [5.74, 6) is -2.29. The van der Waals surface area contributed by atoms with Gasteiger partial charge in [-0.15, -0.1) is 0 Å². The van der Waals surface area contributed by atoms with E-state index in [2.05, 4.69) is 20.7 Å². The van der Waals surface area contributed by atoms with Crippen LogP contribution in [0.5, 0.6) is 0 Å². The molecule has 0 heterocycles. The van der Waals surface area contributed by atoms with E-state index in [0.717, 1.165) is 29.4 Å². The first-order valence-corrected chi connectivity index (χ1v) is 8.65. The van der Waals surface area contributed by atoms with Gasteiger partial charge in [0.15, 0.2) is 11.6 Å². The SMILES string of the molecule is O=S(=O)(Nc1ccc(CCBr)cc1)c1ccc(F)c(F)c1. The third-order valence-electron chi connectivity index (χ3n) is 2.79. The zero-order chi connectivity index (χ0) is 15.5. The summed E-state index contributed by atoms with van der Waals surface area (Å²) in [6.07, 6.45) is 0.830. The Balaban J connectivity index is 2.22. The summed E-state index contributed by atoms with van der Waals surface area (Å²) in [5.41, 5.74) is 1.42. The van der Waals surface area contributed by atoms with E-state index in [1.807, 2.05) is 0 Å². The zero-order valence-electron chi connectivity index (χ0n) is 10.8. The molecule has 0 radical (unpaired) electrons. The van der Waals surface area contributed by atoms with Crippen LogP contribution in [0.4, 0.5) is 14.5 Å². The number of alkyl halides is 1. The summed E-state index contributed by atoms with van der Waals surface area (Å²) in [4.78, 5) is -0.328. The number of nitrogens with one attached hydrogen (secondary N) is 1. The number of hydrogen-bond acceptors (Lipinski definition) is 2. The molecule has 0 spiro atoms. The molecule has 0 unspecified atom stereocenters. The normalized spacial score (nSPS) is 11.4. The van der Waals surface area contributed by atoms with Crippen LogP contribution in [-0.2, 0) is 16.4 Å². The Hall–Kier alpha value is -1.47. The molecule has 0 aromatic heterocycles. The average molecular weight is 376 g/mol. The number of sulfonamides is 1. The minimum absolute atomic E-state index is 0.328. The van der Waals surface area contributed by atoms with Crippen LogP contribution in [0.3, 0.4) is 0 Å². The maximum atomic E-state index is 13.1. The van der Waals surface area contributed by atoms with Crippen molar-refractivity contribution in [2.45, 2.75) is 11.3 Å². The van der Waals surface area contributed by atoms with E-state index < -0.39 is 21.7 Å². The van der Waals surface area contributed by atoms with Crippen molar-refractivity contribution in [3.8, 4) is 0 Å². The van der Waals surface area contributed by atoms with E-state index in [4.69, 9.17) is 0 Å². The largest absolute Gasteiger partial charge is 0.280 e. The van der Waals surface area contributed by atoms with Gasteiger partial charge in [0.05, 0.1) is 4.90 Å². The van der Waals surface area contributed by atoms with Gasteiger partial charge in [0.25, 0.3) is 10.0 Å². The molecule has 0 aliphatic carbocycles. The maximum absolute atomic E-state index is 13.1. The van der Waals surface area contributed by atoms with Gasteiger partial charge in [-0.2, -0.15) is 0 Å². The molecule has 112 valence electrons. The van der Waals surface area contributed by atoms with Crippen LogP contribution < -0.4 is 4.72 Å². The highest BCUT2D eigenvalue weighted by Gasteiger charge is 2.16. The lowest BCUT2D eigenvalue weighted by atomic mass is 10.2. The molecule has 0 aliphatic rings. The van der Waals surface area contributed by atoms with Crippen LogP contribution in [0.1, 0.15) is 5.56 Å². The van der Waals surface area contributed by atoms with Crippen LogP contribution in [0, 0.1) is 11.6 Å². The van der Waals surface area contributed by atoms with Crippen molar-refractivity contribution in [3.05, 3.63) is 59.7 Å². The third-order valence-corrected chi connectivity index (χ3v) is 4.57. The van der Waals surface area contributed by atoms with Gasteiger partial charge in [-0.1, -0.05) is 28.1 Å². The molecule has 1 N–H and O–H groups in total. The Morgan fingerprint density at radius 1 is 1.00 bits per heavy atom. The summed E-state index contributed by atoms with van der Waals surface area (Å²) in [6, 6.07) is 9.28. The number of benzene rings is 2. The summed E-state index contributed by atoms with van der Waals surface area (Å²) < 4.78 is 52.4. The highest BCUT2D eigenvalue weighted by atomic mass is 79.9.